The Kier molecular flexibility index (Phi) is 1.39. The van der Waals surface area contributed by atoms with E-state index in [9.17, 15) is 0 Å². The molecule has 0 unspecified atom stereocenters. The normalized spacial score (nSPS) is 14.5. The molecule has 11 heavy (non-hydrogen) atoms. The molecule has 0 radical (unpaired) electrons. The Morgan fingerprint density at radius 3 is 3.18 bits per heavy atom. The molecule has 0 atom stereocenters. The van der Waals surface area contributed by atoms with Gasteiger partial charge in [-0.2, -0.15) is 0 Å². The highest BCUT2D eigenvalue weighted by Crippen LogP contribution is 2.26. The zero-order valence-corrected chi connectivity index (χ0v) is 6.12. The number of nitrogens with zero attached hydrogens (tertiary/aromatic N) is 1. The first-order chi connectivity index (χ1) is 5.36. The van der Waals surface area contributed by atoms with Crippen LogP contribution in [-0.2, 0) is 6.42 Å². The van der Waals surface area contributed by atoms with E-state index in [1.54, 1.807) is 12.1 Å². The van der Waals surface area contributed by atoms with Gasteiger partial charge in [-0.05, 0) is 36.6 Å². The highest BCUT2D eigenvalue weighted by Gasteiger charge is 2.04. The maximum absolute atomic E-state index is 9.14. The second-order valence-electron chi connectivity index (χ2n) is 2.66. The lowest BCUT2D eigenvalue weighted by Gasteiger charge is -2.08. The van der Waals surface area contributed by atoms with Gasteiger partial charge in [0.15, 0.2) is 0 Å². The number of aromatic hydroxyl groups is 1. The average molecular weight is 147 g/mol. The van der Waals surface area contributed by atoms with Gasteiger partial charge in [-0.25, -0.2) is 0 Å². The molecule has 2 rings (SSSR count). The summed E-state index contributed by atoms with van der Waals surface area (Å²) >= 11 is 0. The molecule has 0 saturated heterocycles. The molecule has 0 fully saturated rings. The predicted octanol–water partition coefficient (Wildman–Crippen LogP) is 2.04. The number of benzene rings is 1. The van der Waals surface area contributed by atoms with Crippen LogP contribution in [0.1, 0.15) is 12.0 Å². The van der Waals surface area contributed by atoms with Crippen molar-refractivity contribution in [2.24, 2.45) is 4.99 Å². The fourth-order valence-electron chi connectivity index (χ4n) is 1.28. The molecule has 0 bridgehead atoms. The molecule has 0 spiro atoms. The van der Waals surface area contributed by atoms with E-state index in [4.69, 9.17) is 5.11 Å². The number of fused-ring (bicyclic) bond motifs is 1. The SMILES string of the molecule is Oc1ccc2c(c1)CCC=N2. The molecule has 2 heteroatoms. The average Bonchev–Trinajstić information content (AvgIpc) is 2.04. The van der Waals surface area contributed by atoms with E-state index in [1.807, 2.05) is 12.3 Å². The van der Waals surface area contributed by atoms with Gasteiger partial charge in [0.2, 0.25) is 0 Å². The summed E-state index contributed by atoms with van der Waals surface area (Å²) in [7, 11) is 0. The third-order valence-electron chi connectivity index (χ3n) is 1.84. The molecule has 0 saturated carbocycles. The van der Waals surface area contributed by atoms with Crippen LogP contribution in [0.3, 0.4) is 0 Å². The molecule has 1 aliphatic rings. The maximum Gasteiger partial charge on any atom is 0.116 e. The van der Waals surface area contributed by atoms with Crippen LogP contribution in [0, 0.1) is 0 Å². The number of rotatable bonds is 0. The van der Waals surface area contributed by atoms with E-state index < -0.39 is 0 Å². The van der Waals surface area contributed by atoms with Crippen LogP contribution >= 0.6 is 0 Å². The van der Waals surface area contributed by atoms with Crippen molar-refractivity contribution in [3.63, 3.8) is 0 Å². The van der Waals surface area contributed by atoms with Crippen molar-refractivity contribution in [2.45, 2.75) is 12.8 Å². The van der Waals surface area contributed by atoms with E-state index in [2.05, 4.69) is 4.99 Å². The number of phenols is 1. The summed E-state index contributed by atoms with van der Waals surface area (Å²) in [5, 5.41) is 9.14. The Hall–Kier alpha value is -1.31. The van der Waals surface area contributed by atoms with E-state index in [0.29, 0.717) is 5.75 Å². The molecule has 0 amide bonds. The highest BCUT2D eigenvalue weighted by molar-refractivity contribution is 5.69. The molecular formula is C9H9NO. The summed E-state index contributed by atoms with van der Waals surface area (Å²) in [5.74, 6) is 0.334. The molecular weight excluding hydrogens is 138 g/mol. The minimum atomic E-state index is 0.334. The van der Waals surface area contributed by atoms with Crippen LogP contribution in [0.2, 0.25) is 0 Å². The van der Waals surface area contributed by atoms with Crippen LogP contribution in [0.4, 0.5) is 5.69 Å². The van der Waals surface area contributed by atoms with E-state index >= 15 is 0 Å². The van der Waals surface area contributed by atoms with Gasteiger partial charge in [0, 0.05) is 6.21 Å². The molecule has 56 valence electrons. The summed E-state index contributed by atoms with van der Waals surface area (Å²) in [6, 6.07) is 5.30. The van der Waals surface area contributed by atoms with Crippen molar-refractivity contribution < 1.29 is 5.11 Å². The molecule has 2 nitrogen and oxygen atoms in total. The van der Waals surface area contributed by atoms with Crippen molar-refractivity contribution in [3.05, 3.63) is 23.8 Å². The lowest BCUT2D eigenvalue weighted by molar-refractivity contribution is 0.474. The first-order valence-corrected chi connectivity index (χ1v) is 3.71. The topological polar surface area (TPSA) is 32.6 Å². The molecule has 1 aromatic carbocycles. The van der Waals surface area contributed by atoms with Crippen LogP contribution in [0.25, 0.3) is 0 Å². The summed E-state index contributed by atoms with van der Waals surface area (Å²) in [5.41, 5.74) is 2.14. The third-order valence-corrected chi connectivity index (χ3v) is 1.84. The fourth-order valence-corrected chi connectivity index (χ4v) is 1.28. The monoisotopic (exact) mass is 147 g/mol. The largest absolute Gasteiger partial charge is 0.508 e. The molecule has 1 N–H and O–H groups in total. The Labute approximate surface area is 65.2 Å². The zero-order chi connectivity index (χ0) is 7.68. The van der Waals surface area contributed by atoms with E-state index in [1.165, 1.54) is 0 Å². The number of hydrogen-bond donors (Lipinski definition) is 1. The lowest BCUT2D eigenvalue weighted by Crippen LogP contribution is -1.92. The van der Waals surface area contributed by atoms with Crippen LogP contribution in [0.5, 0.6) is 5.75 Å². The van der Waals surface area contributed by atoms with Gasteiger partial charge in [0.05, 0.1) is 5.69 Å². The van der Waals surface area contributed by atoms with Gasteiger partial charge in [-0.3, -0.25) is 4.99 Å². The third kappa shape index (κ3) is 1.11. The minimum absolute atomic E-state index is 0.334. The van der Waals surface area contributed by atoms with Gasteiger partial charge >= 0.3 is 0 Å². The predicted molar refractivity (Wildman–Crippen MR) is 44.6 cm³/mol. The van der Waals surface area contributed by atoms with Crippen molar-refractivity contribution in [1.29, 1.82) is 0 Å². The van der Waals surface area contributed by atoms with Gasteiger partial charge in [-0.15, -0.1) is 0 Å². The number of aryl methyl sites for hydroxylation is 1. The Morgan fingerprint density at radius 1 is 1.36 bits per heavy atom. The van der Waals surface area contributed by atoms with E-state index in [-0.39, 0.29) is 0 Å². The minimum Gasteiger partial charge on any atom is -0.508 e. The van der Waals surface area contributed by atoms with E-state index in [0.717, 1.165) is 24.1 Å². The van der Waals surface area contributed by atoms with Gasteiger partial charge in [-0.1, -0.05) is 0 Å². The fraction of sp³-hybridized carbons (Fsp3) is 0.222. The van der Waals surface area contributed by atoms with Gasteiger partial charge < -0.3 is 5.11 Å². The Morgan fingerprint density at radius 2 is 2.27 bits per heavy atom. The van der Waals surface area contributed by atoms with Crippen LogP contribution in [-0.4, -0.2) is 11.3 Å². The zero-order valence-electron chi connectivity index (χ0n) is 6.12. The van der Waals surface area contributed by atoms with Gasteiger partial charge in [0.25, 0.3) is 0 Å². The molecule has 1 heterocycles. The summed E-state index contributed by atoms with van der Waals surface area (Å²) < 4.78 is 0. The Balaban J connectivity index is 2.53. The summed E-state index contributed by atoms with van der Waals surface area (Å²) in [6.45, 7) is 0. The smallest absolute Gasteiger partial charge is 0.116 e. The van der Waals surface area contributed by atoms with Crippen LogP contribution < -0.4 is 0 Å². The van der Waals surface area contributed by atoms with Crippen molar-refractivity contribution in [2.75, 3.05) is 0 Å². The Bertz CT molecular complexity index is 304. The maximum atomic E-state index is 9.14. The van der Waals surface area contributed by atoms with Crippen LogP contribution in [0.15, 0.2) is 23.2 Å². The second-order valence-corrected chi connectivity index (χ2v) is 2.66. The summed E-state index contributed by atoms with van der Waals surface area (Å²) in [4.78, 5) is 4.20. The number of phenolic OH excluding ortho intramolecular Hbond substituents is 1. The van der Waals surface area contributed by atoms with Crippen molar-refractivity contribution in [1.82, 2.24) is 0 Å². The quantitative estimate of drug-likeness (QED) is 0.598. The number of aliphatic imine (C=N–C) groups is 1. The first-order valence-electron chi connectivity index (χ1n) is 3.71. The highest BCUT2D eigenvalue weighted by atomic mass is 16.3. The molecule has 0 aromatic heterocycles. The summed E-state index contributed by atoms with van der Waals surface area (Å²) in [6.07, 6.45) is 3.89. The van der Waals surface area contributed by atoms with Crippen molar-refractivity contribution >= 4 is 11.9 Å². The molecule has 0 aliphatic carbocycles. The lowest BCUT2D eigenvalue weighted by atomic mass is 10.1. The van der Waals surface area contributed by atoms with Crippen molar-refractivity contribution in [3.8, 4) is 5.75 Å². The van der Waals surface area contributed by atoms with Gasteiger partial charge in [0.1, 0.15) is 5.75 Å². The second kappa shape index (κ2) is 2.38. The first kappa shape index (κ1) is 6.40. The molecule has 1 aliphatic heterocycles. The molecule has 1 aromatic rings. The standard InChI is InChI=1S/C9H9NO/c11-8-3-4-9-7(6-8)2-1-5-10-9/h3-6,11H,1-2H2. The number of hydrogen-bond acceptors (Lipinski definition) is 2.